The molecule has 0 fully saturated rings. The number of aliphatic hydroxyl groups is 1. The number of aliphatic hydroxyl groups excluding tert-OH is 1. The van der Waals surface area contributed by atoms with Crippen LogP contribution in [0.5, 0.6) is 0 Å². The summed E-state index contributed by atoms with van der Waals surface area (Å²) in [6, 6.07) is 3.04. The first-order valence-electron chi connectivity index (χ1n) is 4.42. The van der Waals surface area contributed by atoms with Crippen LogP contribution in [0.2, 0.25) is 0 Å². The topological polar surface area (TPSA) is 90.2 Å². The van der Waals surface area contributed by atoms with Crippen molar-refractivity contribution in [1.82, 2.24) is 4.72 Å². The lowest BCUT2D eigenvalue weighted by molar-refractivity contribution is 0.301. The number of nitrogens with zero attached hydrogens (tertiary/aromatic N) is 1. The molecule has 0 saturated heterocycles. The van der Waals surface area contributed by atoms with Crippen LogP contribution in [0.4, 0.5) is 8.78 Å². The van der Waals surface area contributed by atoms with Crippen molar-refractivity contribution in [3.8, 4) is 6.07 Å². The van der Waals surface area contributed by atoms with Gasteiger partial charge in [0.25, 0.3) is 0 Å². The fourth-order valence-corrected chi connectivity index (χ4v) is 2.17. The maximum Gasteiger partial charge on any atom is 0.243 e. The van der Waals surface area contributed by atoms with Crippen LogP contribution in [0.3, 0.4) is 0 Å². The number of nitriles is 1. The molecule has 0 aliphatic carbocycles. The maximum atomic E-state index is 13.4. The van der Waals surface area contributed by atoms with E-state index in [1.165, 1.54) is 6.07 Å². The van der Waals surface area contributed by atoms with Crippen molar-refractivity contribution in [3.63, 3.8) is 0 Å². The van der Waals surface area contributed by atoms with Crippen LogP contribution in [-0.2, 0) is 10.0 Å². The van der Waals surface area contributed by atoms with Gasteiger partial charge in [-0.2, -0.15) is 5.26 Å². The maximum absolute atomic E-state index is 13.4. The molecule has 1 aromatic rings. The molecule has 0 radical (unpaired) electrons. The van der Waals surface area contributed by atoms with E-state index in [9.17, 15) is 17.2 Å². The number of benzene rings is 1. The Bertz CT molecular complexity index is 566. The van der Waals surface area contributed by atoms with E-state index >= 15 is 0 Å². The normalized spacial score (nSPS) is 11.2. The van der Waals surface area contributed by atoms with Gasteiger partial charge in [-0.3, -0.25) is 0 Å². The summed E-state index contributed by atoms with van der Waals surface area (Å²) in [5.41, 5.74) is -0.580. The van der Waals surface area contributed by atoms with E-state index in [1.54, 1.807) is 0 Å². The number of hydrogen-bond acceptors (Lipinski definition) is 4. The zero-order chi connectivity index (χ0) is 13.1. The Morgan fingerprint density at radius 2 is 2.00 bits per heavy atom. The third-order valence-corrected chi connectivity index (χ3v) is 3.34. The third-order valence-electron chi connectivity index (χ3n) is 1.86. The smallest absolute Gasteiger partial charge is 0.243 e. The van der Waals surface area contributed by atoms with Gasteiger partial charge < -0.3 is 5.11 Å². The Morgan fingerprint density at radius 1 is 1.35 bits per heavy atom. The average molecular weight is 262 g/mol. The molecule has 17 heavy (non-hydrogen) atoms. The highest BCUT2D eigenvalue weighted by Crippen LogP contribution is 2.19. The van der Waals surface area contributed by atoms with Crippen LogP contribution in [-0.4, -0.2) is 26.7 Å². The molecule has 0 atom stereocenters. The van der Waals surface area contributed by atoms with Crippen molar-refractivity contribution < 1.29 is 22.3 Å². The Hall–Kier alpha value is -1.56. The molecule has 0 heterocycles. The molecule has 5 nitrogen and oxygen atoms in total. The van der Waals surface area contributed by atoms with E-state index < -0.39 is 38.7 Å². The van der Waals surface area contributed by atoms with E-state index in [2.05, 4.69) is 0 Å². The zero-order valence-corrected chi connectivity index (χ0v) is 9.26. The van der Waals surface area contributed by atoms with E-state index in [-0.39, 0.29) is 6.54 Å². The Kier molecular flexibility index (Phi) is 4.11. The molecule has 0 saturated carbocycles. The summed E-state index contributed by atoms with van der Waals surface area (Å²) in [7, 11) is -4.23. The molecular weight excluding hydrogens is 254 g/mol. The average Bonchev–Trinajstić information content (AvgIpc) is 2.29. The quantitative estimate of drug-likeness (QED) is 0.805. The van der Waals surface area contributed by atoms with Crippen molar-refractivity contribution >= 4 is 10.0 Å². The molecule has 8 heteroatoms. The zero-order valence-electron chi connectivity index (χ0n) is 8.44. The molecule has 2 N–H and O–H groups in total. The highest BCUT2D eigenvalue weighted by atomic mass is 32.2. The van der Waals surface area contributed by atoms with Crippen molar-refractivity contribution in [3.05, 3.63) is 29.3 Å². The first-order chi connectivity index (χ1) is 7.94. The lowest BCUT2D eigenvalue weighted by Crippen LogP contribution is -2.27. The van der Waals surface area contributed by atoms with Crippen LogP contribution < -0.4 is 4.72 Å². The molecule has 1 rings (SSSR count). The van der Waals surface area contributed by atoms with E-state index in [4.69, 9.17) is 10.4 Å². The van der Waals surface area contributed by atoms with Gasteiger partial charge in [-0.05, 0) is 12.1 Å². The number of halogens is 2. The van der Waals surface area contributed by atoms with Gasteiger partial charge >= 0.3 is 0 Å². The molecule has 0 unspecified atom stereocenters. The SMILES string of the molecule is N#Cc1ccc(S(=O)(=O)NCCO)c(F)c1F. The molecule has 0 aliphatic rings. The second kappa shape index (κ2) is 5.18. The summed E-state index contributed by atoms with van der Waals surface area (Å²) < 4.78 is 51.3. The number of hydrogen-bond donors (Lipinski definition) is 2. The number of sulfonamides is 1. The van der Waals surface area contributed by atoms with Gasteiger partial charge in [-0.25, -0.2) is 21.9 Å². The largest absolute Gasteiger partial charge is 0.395 e. The third kappa shape index (κ3) is 2.76. The number of rotatable bonds is 4. The summed E-state index contributed by atoms with van der Waals surface area (Å²) >= 11 is 0. The summed E-state index contributed by atoms with van der Waals surface area (Å²) in [4.78, 5) is -0.901. The van der Waals surface area contributed by atoms with Gasteiger partial charge in [-0.15, -0.1) is 0 Å². The summed E-state index contributed by atoms with van der Waals surface area (Å²) in [6.45, 7) is -0.789. The lowest BCUT2D eigenvalue weighted by Gasteiger charge is -2.07. The summed E-state index contributed by atoms with van der Waals surface area (Å²) in [5.74, 6) is -3.13. The van der Waals surface area contributed by atoms with Gasteiger partial charge in [-0.1, -0.05) is 0 Å². The summed E-state index contributed by atoms with van der Waals surface area (Å²) in [6.07, 6.45) is 0. The van der Waals surface area contributed by atoms with Crippen molar-refractivity contribution in [2.24, 2.45) is 0 Å². The molecule has 92 valence electrons. The number of nitrogens with one attached hydrogen (secondary N) is 1. The highest BCUT2D eigenvalue weighted by molar-refractivity contribution is 7.89. The Morgan fingerprint density at radius 3 is 2.53 bits per heavy atom. The summed E-state index contributed by atoms with van der Waals surface area (Å²) in [5, 5.41) is 16.9. The minimum atomic E-state index is -4.23. The van der Waals surface area contributed by atoms with Crippen LogP contribution in [0.25, 0.3) is 0 Å². The van der Waals surface area contributed by atoms with Crippen molar-refractivity contribution in [2.45, 2.75) is 4.90 Å². The predicted octanol–water partition coefficient (Wildman–Crippen LogP) is 0.107. The van der Waals surface area contributed by atoms with Crippen molar-refractivity contribution in [1.29, 1.82) is 5.26 Å². The Balaban J connectivity index is 3.26. The fourth-order valence-electron chi connectivity index (χ4n) is 1.08. The first kappa shape index (κ1) is 13.5. The van der Waals surface area contributed by atoms with Gasteiger partial charge in [0, 0.05) is 6.54 Å². The molecule has 1 aromatic carbocycles. The fraction of sp³-hybridized carbons (Fsp3) is 0.222. The van der Waals surface area contributed by atoms with Crippen LogP contribution in [0.15, 0.2) is 17.0 Å². The second-order valence-electron chi connectivity index (χ2n) is 2.97. The van der Waals surface area contributed by atoms with E-state index in [0.29, 0.717) is 0 Å². The second-order valence-corrected chi connectivity index (χ2v) is 4.71. The van der Waals surface area contributed by atoms with Gasteiger partial charge in [0.1, 0.15) is 11.0 Å². The molecule has 0 bridgehead atoms. The minimum absolute atomic E-state index is 0.316. The van der Waals surface area contributed by atoms with Gasteiger partial charge in [0.05, 0.1) is 12.2 Å². The van der Waals surface area contributed by atoms with Gasteiger partial charge in [0.15, 0.2) is 11.6 Å². The van der Waals surface area contributed by atoms with Gasteiger partial charge in [0.2, 0.25) is 10.0 Å². The van der Waals surface area contributed by atoms with Crippen molar-refractivity contribution in [2.75, 3.05) is 13.2 Å². The van der Waals surface area contributed by atoms with Crippen LogP contribution in [0, 0.1) is 23.0 Å². The molecule has 0 amide bonds. The minimum Gasteiger partial charge on any atom is -0.395 e. The van der Waals surface area contributed by atoms with Crippen LogP contribution in [0.1, 0.15) is 5.56 Å². The monoisotopic (exact) mass is 262 g/mol. The standard InChI is InChI=1S/C9H8F2N2O3S/c10-8-6(5-12)1-2-7(9(8)11)17(15,16)13-3-4-14/h1-2,13-14H,3-4H2. The molecular formula is C9H8F2N2O3S. The highest BCUT2D eigenvalue weighted by Gasteiger charge is 2.23. The molecule has 0 aromatic heterocycles. The molecule has 0 spiro atoms. The molecule has 0 aliphatic heterocycles. The predicted molar refractivity (Wildman–Crippen MR) is 53.3 cm³/mol. The first-order valence-corrected chi connectivity index (χ1v) is 5.91. The van der Waals surface area contributed by atoms with E-state index in [0.717, 1.165) is 12.1 Å². The lowest BCUT2D eigenvalue weighted by atomic mass is 10.2. The van der Waals surface area contributed by atoms with E-state index in [1.807, 2.05) is 4.72 Å². The Labute approximate surface area is 96.4 Å². The van der Waals surface area contributed by atoms with Crippen LogP contribution >= 0.6 is 0 Å².